The fraction of sp³-hybridized carbons (Fsp3) is 0.450. The molecule has 1 aliphatic heterocycles. The van der Waals surface area contributed by atoms with Gasteiger partial charge in [0.15, 0.2) is 5.78 Å². The number of carbonyl (C=O) groups is 1. The van der Waals surface area contributed by atoms with Gasteiger partial charge in [-0.1, -0.05) is 62.8 Å². The fourth-order valence-electron chi connectivity index (χ4n) is 4.15. The van der Waals surface area contributed by atoms with Crippen LogP contribution < -0.4 is 5.32 Å². The molecule has 0 saturated heterocycles. The molecule has 1 unspecified atom stereocenters. The van der Waals surface area contributed by atoms with Gasteiger partial charge in [-0.05, 0) is 24.5 Å². The van der Waals surface area contributed by atoms with Crippen LogP contribution in [-0.4, -0.2) is 18.9 Å². The number of hydrogen-bond acceptors (Lipinski definition) is 2. The molecule has 1 heterocycles. The van der Waals surface area contributed by atoms with Crippen LogP contribution in [0.4, 0.5) is 0 Å². The molecule has 2 nitrogen and oxygen atoms in total. The van der Waals surface area contributed by atoms with Crippen molar-refractivity contribution >= 4 is 11.4 Å². The average molecular weight is 295 g/mol. The molecule has 0 aromatic heterocycles. The summed E-state index contributed by atoms with van der Waals surface area (Å²) in [6.45, 7) is 10.6. The molecule has 0 bridgehead atoms. The highest BCUT2D eigenvalue weighted by Crippen LogP contribution is 2.54. The Balaban J connectivity index is 2.02. The molecule has 0 radical (unpaired) electrons. The summed E-state index contributed by atoms with van der Waals surface area (Å²) in [5.74, 6) is 0.122. The van der Waals surface area contributed by atoms with Gasteiger partial charge >= 0.3 is 0 Å². The zero-order valence-corrected chi connectivity index (χ0v) is 14.0. The van der Waals surface area contributed by atoms with Crippen molar-refractivity contribution in [3.8, 4) is 0 Å². The van der Waals surface area contributed by atoms with E-state index >= 15 is 0 Å². The Morgan fingerprint density at radius 2 is 1.77 bits per heavy atom. The maximum absolute atomic E-state index is 11.5. The van der Waals surface area contributed by atoms with Crippen molar-refractivity contribution in [2.75, 3.05) is 13.1 Å². The van der Waals surface area contributed by atoms with Gasteiger partial charge in [0.25, 0.3) is 0 Å². The van der Waals surface area contributed by atoms with Gasteiger partial charge in [0.05, 0.1) is 0 Å². The Labute approximate surface area is 133 Å². The fourth-order valence-corrected chi connectivity index (χ4v) is 4.15. The van der Waals surface area contributed by atoms with E-state index in [-0.39, 0.29) is 16.6 Å². The number of allylic oxidation sites excluding steroid dienone is 2. The van der Waals surface area contributed by atoms with E-state index in [1.807, 2.05) is 12.1 Å². The molecule has 116 valence electrons. The smallest absolute Gasteiger partial charge is 0.159 e. The van der Waals surface area contributed by atoms with Crippen LogP contribution in [-0.2, 0) is 0 Å². The number of rotatable bonds is 2. The molecule has 1 N–H and O–H groups in total. The van der Waals surface area contributed by atoms with Crippen molar-refractivity contribution in [2.24, 2.45) is 10.8 Å². The van der Waals surface area contributed by atoms with Gasteiger partial charge in [-0.15, -0.1) is 0 Å². The van der Waals surface area contributed by atoms with Crippen molar-refractivity contribution in [1.29, 1.82) is 0 Å². The third-order valence-electron chi connectivity index (χ3n) is 5.32. The van der Waals surface area contributed by atoms with Crippen LogP contribution in [0.15, 0.2) is 42.0 Å². The van der Waals surface area contributed by atoms with Crippen molar-refractivity contribution in [3.05, 3.63) is 53.1 Å². The number of hydrogen-bond donors (Lipinski definition) is 1. The summed E-state index contributed by atoms with van der Waals surface area (Å²) in [4.78, 5) is 11.5. The molecule has 1 atom stereocenters. The Bertz CT molecular complexity index is 663. The topological polar surface area (TPSA) is 29.1 Å². The van der Waals surface area contributed by atoms with Crippen LogP contribution in [0.5, 0.6) is 0 Å². The molecule has 22 heavy (non-hydrogen) atoms. The second kappa shape index (κ2) is 5.20. The first-order valence-electron chi connectivity index (χ1n) is 8.08. The summed E-state index contributed by atoms with van der Waals surface area (Å²) < 4.78 is 0. The molecule has 0 fully saturated rings. The van der Waals surface area contributed by atoms with Gasteiger partial charge in [-0.3, -0.25) is 4.79 Å². The number of benzene rings is 1. The van der Waals surface area contributed by atoms with Crippen LogP contribution >= 0.6 is 0 Å². The zero-order chi connectivity index (χ0) is 16.0. The summed E-state index contributed by atoms with van der Waals surface area (Å²) in [7, 11) is 0. The molecule has 1 aromatic rings. The van der Waals surface area contributed by atoms with Crippen molar-refractivity contribution < 1.29 is 4.79 Å². The highest BCUT2D eigenvalue weighted by molar-refractivity contribution is 5.94. The predicted octanol–water partition coefficient (Wildman–Crippen LogP) is 4.24. The molecule has 2 heteroatoms. The van der Waals surface area contributed by atoms with E-state index in [1.165, 1.54) is 11.1 Å². The lowest BCUT2D eigenvalue weighted by atomic mass is 9.58. The van der Waals surface area contributed by atoms with Crippen LogP contribution in [0.25, 0.3) is 5.57 Å². The van der Waals surface area contributed by atoms with Gasteiger partial charge in [-0.2, -0.15) is 0 Å². The zero-order valence-electron chi connectivity index (χ0n) is 14.0. The van der Waals surface area contributed by atoms with Crippen LogP contribution in [0.3, 0.4) is 0 Å². The number of ketones is 1. The van der Waals surface area contributed by atoms with E-state index in [0.717, 1.165) is 25.1 Å². The standard InChI is InChI=1S/C20H25NO/c1-14(22)15-5-7-16(8-6-15)17-9-11-20(4)13-21-12-10-18(20)19(17,2)3/h5-10,21H,11-13H2,1-4H3. The molecule has 1 aromatic carbocycles. The SMILES string of the molecule is CC(=O)c1ccc(C2=CCC3(C)CNCC=C3C2(C)C)cc1. The molecule has 0 spiro atoms. The Hall–Kier alpha value is -1.67. The van der Waals surface area contributed by atoms with Gasteiger partial charge in [0.2, 0.25) is 0 Å². The highest BCUT2D eigenvalue weighted by Gasteiger charge is 2.43. The predicted molar refractivity (Wildman–Crippen MR) is 91.9 cm³/mol. The first kappa shape index (κ1) is 15.2. The molecule has 3 rings (SSSR count). The lowest BCUT2D eigenvalue weighted by molar-refractivity contribution is 0.101. The summed E-state index contributed by atoms with van der Waals surface area (Å²) in [6.07, 6.45) is 5.84. The van der Waals surface area contributed by atoms with E-state index in [9.17, 15) is 4.79 Å². The molecular weight excluding hydrogens is 270 g/mol. The first-order chi connectivity index (χ1) is 10.3. The minimum Gasteiger partial charge on any atom is -0.312 e. The minimum atomic E-state index is 0.0346. The molecule has 1 aliphatic carbocycles. The molecule has 0 amide bonds. The van der Waals surface area contributed by atoms with Gasteiger partial charge in [0.1, 0.15) is 0 Å². The number of carbonyl (C=O) groups excluding carboxylic acids is 1. The number of Topliss-reactive ketones (excluding diaryl/α,β-unsaturated/α-hetero) is 1. The maximum atomic E-state index is 11.5. The van der Waals surface area contributed by atoms with E-state index in [2.05, 4.69) is 50.4 Å². The quantitative estimate of drug-likeness (QED) is 0.653. The van der Waals surface area contributed by atoms with Gasteiger partial charge in [0, 0.05) is 29.5 Å². The normalized spacial score (nSPS) is 26.7. The first-order valence-corrected chi connectivity index (χ1v) is 8.08. The minimum absolute atomic E-state index is 0.0346. The monoisotopic (exact) mass is 295 g/mol. The van der Waals surface area contributed by atoms with Crippen LogP contribution in [0, 0.1) is 10.8 Å². The van der Waals surface area contributed by atoms with Crippen molar-refractivity contribution in [2.45, 2.75) is 34.1 Å². The van der Waals surface area contributed by atoms with E-state index in [0.29, 0.717) is 0 Å². The van der Waals surface area contributed by atoms with Gasteiger partial charge in [-0.25, -0.2) is 0 Å². The summed E-state index contributed by atoms with van der Waals surface area (Å²) in [6, 6.07) is 8.07. The van der Waals surface area contributed by atoms with E-state index in [4.69, 9.17) is 0 Å². The Morgan fingerprint density at radius 1 is 1.09 bits per heavy atom. The molecular formula is C20H25NO. The number of nitrogens with one attached hydrogen (secondary N) is 1. The van der Waals surface area contributed by atoms with E-state index in [1.54, 1.807) is 12.5 Å². The summed E-state index contributed by atoms with van der Waals surface area (Å²) >= 11 is 0. The summed E-state index contributed by atoms with van der Waals surface area (Å²) in [5.41, 5.74) is 5.21. The van der Waals surface area contributed by atoms with Gasteiger partial charge < -0.3 is 5.32 Å². The van der Waals surface area contributed by atoms with Crippen molar-refractivity contribution in [3.63, 3.8) is 0 Å². The third kappa shape index (κ3) is 2.36. The Kier molecular flexibility index (Phi) is 3.60. The maximum Gasteiger partial charge on any atom is 0.159 e. The van der Waals surface area contributed by atoms with E-state index < -0.39 is 0 Å². The van der Waals surface area contributed by atoms with Crippen molar-refractivity contribution in [1.82, 2.24) is 5.32 Å². The lowest BCUT2D eigenvalue weighted by Crippen LogP contribution is -2.44. The number of fused-ring (bicyclic) bond motifs is 1. The second-order valence-corrected chi connectivity index (χ2v) is 7.39. The molecule has 0 saturated carbocycles. The largest absolute Gasteiger partial charge is 0.312 e. The van der Waals surface area contributed by atoms with Crippen LogP contribution in [0.2, 0.25) is 0 Å². The second-order valence-electron chi connectivity index (χ2n) is 7.39. The average Bonchev–Trinajstić information content (AvgIpc) is 2.47. The third-order valence-corrected chi connectivity index (χ3v) is 5.32. The molecule has 2 aliphatic rings. The lowest BCUT2D eigenvalue weighted by Gasteiger charge is -2.48. The highest BCUT2D eigenvalue weighted by atomic mass is 16.1. The van der Waals surface area contributed by atoms with Crippen LogP contribution in [0.1, 0.15) is 50.0 Å². The Morgan fingerprint density at radius 3 is 2.41 bits per heavy atom. The summed E-state index contributed by atoms with van der Waals surface area (Å²) in [5, 5.41) is 3.49.